The van der Waals surface area contributed by atoms with Crippen molar-refractivity contribution < 1.29 is 0 Å². The minimum atomic E-state index is 1.05. The largest absolute Gasteiger partial charge is 0.0955 e. The molecule has 0 N–H and O–H groups in total. The van der Waals surface area contributed by atoms with E-state index in [-0.39, 0.29) is 0 Å². The summed E-state index contributed by atoms with van der Waals surface area (Å²) in [6.07, 6.45) is 1.05. The van der Waals surface area contributed by atoms with Crippen molar-refractivity contribution in [3.8, 4) is 11.1 Å². The third-order valence-corrected chi connectivity index (χ3v) is 3.34. The van der Waals surface area contributed by atoms with Gasteiger partial charge in [-0.25, -0.2) is 0 Å². The van der Waals surface area contributed by atoms with Gasteiger partial charge in [0, 0.05) is 0 Å². The Hall–Kier alpha value is -1.82. The summed E-state index contributed by atoms with van der Waals surface area (Å²) in [5.41, 5.74) is 7.69. The predicted molar refractivity (Wildman–Crippen MR) is 80.7 cm³/mol. The van der Waals surface area contributed by atoms with Crippen molar-refractivity contribution in [2.75, 3.05) is 0 Å². The van der Waals surface area contributed by atoms with E-state index in [4.69, 9.17) is 0 Å². The van der Waals surface area contributed by atoms with Crippen LogP contribution in [0.25, 0.3) is 16.7 Å². The zero-order chi connectivity index (χ0) is 13.1. The van der Waals surface area contributed by atoms with Crippen LogP contribution in [0.15, 0.2) is 49.0 Å². The molecule has 2 aromatic rings. The summed E-state index contributed by atoms with van der Waals surface area (Å²) in [6.45, 7) is 10.4. The summed E-state index contributed by atoms with van der Waals surface area (Å²) < 4.78 is 0. The van der Waals surface area contributed by atoms with Crippen molar-refractivity contribution in [2.45, 2.75) is 27.2 Å². The van der Waals surface area contributed by atoms with Gasteiger partial charge in [-0.05, 0) is 42.5 Å². The second-order valence-corrected chi connectivity index (χ2v) is 4.87. The Morgan fingerprint density at radius 3 is 2.28 bits per heavy atom. The van der Waals surface area contributed by atoms with E-state index >= 15 is 0 Å². The van der Waals surface area contributed by atoms with E-state index in [0.717, 1.165) is 12.0 Å². The van der Waals surface area contributed by atoms with E-state index < -0.39 is 0 Å². The molecular formula is C18H20. The molecule has 0 aliphatic heterocycles. The van der Waals surface area contributed by atoms with Gasteiger partial charge >= 0.3 is 0 Å². The van der Waals surface area contributed by atoms with E-state index in [1.165, 1.54) is 27.8 Å². The average Bonchev–Trinajstić information content (AvgIpc) is 2.39. The highest BCUT2D eigenvalue weighted by Crippen LogP contribution is 2.27. The molecule has 0 heteroatoms. The molecule has 2 aromatic carbocycles. The Labute approximate surface area is 110 Å². The fourth-order valence-corrected chi connectivity index (χ4v) is 2.17. The lowest BCUT2D eigenvalue weighted by Gasteiger charge is -2.11. The van der Waals surface area contributed by atoms with Crippen LogP contribution in [-0.4, -0.2) is 0 Å². The second kappa shape index (κ2) is 5.22. The maximum Gasteiger partial charge on any atom is -0.0152 e. The van der Waals surface area contributed by atoms with Crippen molar-refractivity contribution in [1.82, 2.24) is 0 Å². The number of hydrogen-bond acceptors (Lipinski definition) is 0. The lowest BCUT2D eigenvalue weighted by atomic mass is 9.94. The van der Waals surface area contributed by atoms with Gasteiger partial charge < -0.3 is 0 Å². The normalized spacial score (nSPS) is 10.4. The zero-order valence-electron chi connectivity index (χ0n) is 11.5. The molecule has 0 aliphatic carbocycles. The molecule has 0 aromatic heterocycles. The summed E-state index contributed by atoms with van der Waals surface area (Å²) >= 11 is 0. The predicted octanol–water partition coefficient (Wildman–Crippen LogP) is 5.26. The molecule has 0 saturated heterocycles. The van der Waals surface area contributed by atoms with Crippen LogP contribution in [0.4, 0.5) is 0 Å². The first-order valence-corrected chi connectivity index (χ1v) is 6.47. The number of hydrogen-bond donors (Lipinski definition) is 0. The number of rotatable bonds is 3. The highest BCUT2D eigenvalue weighted by atomic mass is 14.1. The molecule has 18 heavy (non-hydrogen) atoms. The monoisotopic (exact) mass is 236 g/mol. The summed E-state index contributed by atoms with van der Waals surface area (Å²) in [4.78, 5) is 0. The third-order valence-electron chi connectivity index (χ3n) is 3.34. The Morgan fingerprint density at radius 2 is 1.72 bits per heavy atom. The number of allylic oxidation sites excluding steroid dienone is 1. The quantitative estimate of drug-likeness (QED) is 0.682. The van der Waals surface area contributed by atoms with E-state index in [1.807, 2.05) is 0 Å². The van der Waals surface area contributed by atoms with Gasteiger partial charge in [0.1, 0.15) is 0 Å². The molecule has 0 fully saturated rings. The average molecular weight is 236 g/mol. The van der Waals surface area contributed by atoms with Gasteiger partial charge in [0.25, 0.3) is 0 Å². The van der Waals surface area contributed by atoms with Crippen LogP contribution >= 0.6 is 0 Å². The number of benzene rings is 2. The minimum absolute atomic E-state index is 1.05. The maximum atomic E-state index is 4.01. The maximum absolute atomic E-state index is 4.01. The summed E-state index contributed by atoms with van der Waals surface area (Å²) in [5.74, 6) is 0. The van der Waals surface area contributed by atoms with E-state index in [9.17, 15) is 0 Å². The Bertz CT molecular complexity index is 559. The second-order valence-electron chi connectivity index (χ2n) is 4.87. The third kappa shape index (κ3) is 2.53. The first kappa shape index (κ1) is 12.6. The summed E-state index contributed by atoms with van der Waals surface area (Å²) in [6, 6.07) is 15.4. The molecule has 0 bridgehead atoms. The van der Waals surface area contributed by atoms with Crippen LogP contribution in [0.2, 0.25) is 0 Å². The topological polar surface area (TPSA) is 0 Å². The fraction of sp³-hybridized carbons (Fsp3) is 0.222. The molecule has 92 valence electrons. The molecule has 0 saturated carbocycles. The van der Waals surface area contributed by atoms with Crippen LogP contribution in [0.3, 0.4) is 0 Å². The lowest BCUT2D eigenvalue weighted by Crippen LogP contribution is -1.90. The van der Waals surface area contributed by atoms with Crippen LogP contribution in [0.1, 0.15) is 30.5 Å². The van der Waals surface area contributed by atoms with E-state index in [0.29, 0.717) is 0 Å². The number of aryl methyl sites for hydroxylation is 2. The minimum Gasteiger partial charge on any atom is -0.0955 e. The molecule has 0 amide bonds. The van der Waals surface area contributed by atoms with Gasteiger partial charge in [-0.1, -0.05) is 67.1 Å². The standard InChI is InChI=1S/C18H20/c1-5-15-12-17(13(2)3)10-11-18(15)16-8-6-14(4)7-9-16/h6-12H,2,5H2,1,3-4H3. The van der Waals surface area contributed by atoms with E-state index in [1.54, 1.807) is 0 Å². The Balaban J connectivity index is 2.50. The van der Waals surface area contributed by atoms with Crippen LogP contribution < -0.4 is 0 Å². The molecule has 0 radical (unpaired) electrons. The summed E-state index contributed by atoms with van der Waals surface area (Å²) in [5, 5.41) is 0. The van der Waals surface area contributed by atoms with Gasteiger partial charge in [-0.15, -0.1) is 0 Å². The summed E-state index contributed by atoms with van der Waals surface area (Å²) in [7, 11) is 0. The first-order chi connectivity index (χ1) is 8.61. The molecule has 2 rings (SSSR count). The molecular weight excluding hydrogens is 216 g/mol. The van der Waals surface area contributed by atoms with Crippen LogP contribution in [0.5, 0.6) is 0 Å². The molecule has 0 heterocycles. The molecule has 0 spiro atoms. The smallest absolute Gasteiger partial charge is 0.0152 e. The highest BCUT2D eigenvalue weighted by molar-refractivity contribution is 5.72. The first-order valence-electron chi connectivity index (χ1n) is 6.47. The fourth-order valence-electron chi connectivity index (χ4n) is 2.17. The zero-order valence-corrected chi connectivity index (χ0v) is 11.5. The van der Waals surface area contributed by atoms with Gasteiger partial charge in [-0.2, -0.15) is 0 Å². The van der Waals surface area contributed by atoms with Gasteiger partial charge in [0.05, 0.1) is 0 Å². The van der Waals surface area contributed by atoms with Crippen molar-refractivity contribution in [1.29, 1.82) is 0 Å². The molecule has 0 atom stereocenters. The van der Waals surface area contributed by atoms with Crippen molar-refractivity contribution in [2.24, 2.45) is 0 Å². The Kier molecular flexibility index (Phi) is 3.66. The SMILES string of the molecule is C=C(C)c1ccc(-c2ccc(C)cc2)c(CC)c1. The molecule has 0 unspecified atom stereocenters. The van der Waals surface area contributed by atoms with Gasteiger partial charge in [0.15, 0.2) is 0 Å². The Morgan fingerprint density at radius 1 is 1.06 bits per heavy atom. The van der Waals surface area contributed by atoms with Crippen molar-refractivity contribution in [3.05, 3.63) is 65.7 Å². The van der Waals surface area contributed by atoms with Gasteiger partial charge in [0.2, 0.25) is 0 Å². The molecule has 0 aliphatic rings. The van der Waals surface area contributed by atoms with Crippen molar-refractivity contribution in [3.63, 3.8) is 0 Å². The van der Waals surface area contributed by atoms with Gasteiger partial charge in [-0.3, -0.25) is 0 Å². The van der Waals surface area contributed by atoms with Crippen LogP contribution in [-0.2, 0) is 6.42 Å². The van der Waals surface area contributed by atoms with Crippen molar-refractivity contribution >= 4 is 5.57 Å². The highest BCUT2D eigenvalue weighted by Gasteiger charge is 2.05. The van der Waals surface area contributed by atoms with E-state index in [2.05, 4.69) is 69.8 Å². The lowest BCUT2D eigenvalue weighted by molar-refractivity contribution is 1.14. The van der Waals surface area contributed by atoms with Crippen LogP contribution in [0, 0.1) is 6.92 Å². The molecule has 0 nitrogen and oxygen atoms in total.